The third-order valence-electron chi connectivity index (χ3n) is 4.41. The van der Waals surface area contributed by atoms with Crippen molar-refractivity contribution in [3.63, 3.8) is 0 Å². The van der Waals surface area contributed by atoms with Crippen molar-refractivity contribution in [1.29, 1.82) is 0 Å². The van der Waals surface area contributed by atoms with Crippen molar-refractivity contribution >= 4 is 33.3 Å². The van der Waals surface area contributed by atoms with Crippen molar-refractivity contribution in [2.24, 2.45) is 0 Å². The van der Waals surface area contributed by atoms with Crippen molar-refractivity contribution in [2.45, 2.75) is 39.0 Å². The highest BCUT2D eigenvalue weighted by atomic mass is 35.5. The van der Waals surface area contributed by atoms with Crippen LogP contribution in [0, 0.1) is 0 Å². The summed E-state index contributed by atoms with van der Waals surface area (Å²) >= 11 is 0. The highest BCUT2D eigenvalue weighted by molar-refractivity contribution is 7.89. The van der Waals surface area contributed by atoms with Crippen LogP contribution in [0.4, 0.5) is 0 Å². The monoisotopic (exact) mass is 387 g/mol. The molecule has 0 atom stereocenters. The van der Waals surface area contributed by atoms with Crippen LogP contribution in [0.1, 0.15) is 39.0 Å². The van der Waals surface area contributed by atoms with E-state index in [9.17, 15) is 8.42 Å². The van der Waals surface area contributed by atoms with Crippen LogP contribution in [0.2, 0.25) is 0 Å². The lowest BCUT2D eigenvalue weighted by Crippen LogP contribution is -2.24. The van der Waals surface area contributed by atoms with Gasteiger partial charge in [0.25, 0.3) is 10.0 Å². The molecular formula is C17H26ClN3O3S. The van der Waals surface area contributed by atoms with Crippen LogP contribution in [-0.2, 0) is 10.0 Å². The van der Waals surface area contributed by atoms with Crippen LogP contribution >= 0.6 is 12.4 Å². The maximum atomic E-state index is 12.5. The smallest absolute Gasteiger partial charge is 0.254 e. The predicted molar refractivity (Wildman–Crippen MR) is 102 cm³/mol. The molecule has 25 heavy (non-hydrogen) atoms. The Kier molecular flexibility index (Phi) is 7.10. The van der Waals surface area contributed by atoms with E-state index in [-0.39, 0.29) is 18.2 Å². The van der Waals surface area contributed by atoms with Gasteiger partial charge in [-0.1, -0.05) is 25.8 Å². The molecule has 0 bridgehead atoms. The highest BCUT2D eigenvalue weighted by Gasteiger charge is 2.19. The van der Waals surface area contributed by atoms with Crippen molar-refractivity contribution in [3.05, 3.63) is 24.4 Å². The van der Waals surface area contributed by atoms with Crippen LogP contribution in [0.25, 0.3) is 10.9 Å². The van der Waals surface area contributed by atoms with Crippen LogP contribution in [0.3, 0.4) is 0 Å². The molecule has 0 aliphatic carbocycles. The van der Waals surface area contributed by atoms with Gasteiger partial charge < -0.3 is 4.74 Å². The number of aromatic nitrogens is 2. The Labute approximate surface area is 155 Å². The minimum atomic E-state index is -3.42. The van der Waals surface area contributed by atoms with Gasteiger partial charge in [0.1, 0.15) is 12.5 Å². The molecule has 2 aromatic rings. The van der Waals surface area contributed by atoms with Crippen LogP contribution < -0.4 is 4.74 Å². The second-order valence-corrected chi connectivity index (χ2v) is 8.22. The molecule has 0 radical (unpaired) electrons. The number of likely N-dealkylation sites (tertiary alicyclic amines) is 1. The first kappa shape index (κ1) is 20.0. The van der Waals surface area contributed by atoms with E-state index in [1.54, 1.807) is 12.3 Å². The Balaban J connectivity index is 0.00000225. The number of fused-ring (bicyclic) bond motifs is 1. The molecule has 140 valence electrons. The molecule has 2 heterocycles. The molecule has 8 heteroatoms. The lowest BCUT2D eigenvalue weighted by molar-refractivity contribution is 0.154. The lowest BCUT2D eigenvalue weighted by Gasteiger charge is -2.16. The van der Waals surface area contributed by atoms with Gasteiger partial charge in [-0.25, -0.2) is 8.42 Å². The first-order valence-electron chi connectivity index (χ1n) is 8.67. The zero-order chi connectivity index (χ0) is 17.0. The van der Waals surface area contributed by atoms with Gasteiger partial charge in [0, 0.05) is 13.1 Å². The highest BCUT2D eigenvalue weighted by Crippen LogP contribution is 2.27. The number of rotatable bonds is 8. The summed E-state index contributed by atoms with van der Waals surface area (Å²) in [5.74, 6) is 0.811. The molecule has 0 spiro atoms. The maximum absolute atomic E-state index is 12.5. The van der Waals surface area contributed by atoms with Crippen LogP contribution in [-0.4, -0.2) is 48.1 Å². The largest absolute Gasteiger partial charge is 0.477 e. The molecule has 0 amide bonds. The molecule has 0 saturated carbocycles. The molecule has 1 aliphatic heterocycles. The summed E-state index contributed by atoms with van der Waals surface area (Å²) in [5.41, 5.74) is 0.588. The van der Waals surface area contributed by atoms with Crippen molar-refractivity contribution < 1.29 is 13.2 Å². The number of benzene rings is 1. The summed E-state index contributed by atoms with van der Waals surface area (Å²) in [7, 11) is -3.42. The van der Waals surface area contributed by atoms with E-state index in [0.717, 1.165) is 35.4 Å². The number of hydrogen-bond acceptors (Lipinski definition) is 5. The molecule has 1 fully saturated rings. The fraction of sp³-hybridized carbons (Fsp3) is 0.588. The van der Waals surface area contributed by atoms with Crippen LogP contribution in [0.5, 0.6) is 5.75 Å². The van der Waals surface area contributed by atoms with E-state index >= 15 is 0 Å². The molecule has 0 unspecified atom stereocenters. The normalized spacial score (nSPS) is 15.4. The average Bonchev–Trinajstić information content (AvgIpc) is 3.22. The minimum Gasteiger partial charge on any atom is -0.477 e. The van der Waals surface area contributed by atoms with E-state index in [1.807, 2.05) is 12.1 Å². The topological polar surface area (TPSA) is 64.4 Å². The van der Waals surface area contributed by atoms with Gasteiger partial charge in [-0.2, -0.15) is 9.19 Å². The SMILES string of the molecule is CCCCCS(=O)(=O)n1ncc2c(OCN3CCCC3)cccc21.Cl. The summed E-state index contributed by atoms with van der Waals surface area (Å²) < 4.78 is 32.1. The van der Waals surface area contributed by atoms with Gasteiger partial charge in [0.05, 0.1) is 22.9 Å². The van der Waals surface area contributed by atoms with E-state index in [4.69, 9.17) is 4.74 Å². The van der Waals surface area contributed by atoms with Gasteiger partial charge in [-0.3, -0.25) is 4.90 Å². The van der Waals surface area contributed by atoms with Crippen molar-refractivity contribution in [2.75, 3.05) is 25.6 Å². The second kappa shape index (κ2) is 8.87. The predicted octanol–water partition coefficient (Wildman–Crippen LogP) is 3.26. The summed E-state index contributed by atoms with van der Waals surface area (Å²) in [6, 6.07) is 5.47. The summed E-state index contributed by atoms with van der Waals surface area (Å²) in [6.07, 6.45) is 6.56. The van der Waals surface area contributed by atoms with E-state index in [0.29, 0.717) is 24.4 Å². The van der Waals surface area contributed by atoms with Gasteiger partial charge in [-0.05, 0) is 31.4 Å². The molecular weight excluding hydrogens is 362 g/mol. The Hall–Kier alpha value is -1.31. The third kappa shape index (κ3) is 4.65. The van der Waals surface area contributed by atoms with E-state index < -0.39 is 10.0 Å². The number of ether oxygens (including phenoxy) is 1. The van der Waals surface area contributed by atoms with Gasteiger partial charge in [0.15, 0.2) is 0 Å². The molecule has 0 N–H and O–H groups in total. The van der Waals surface area contributed by atoms with Gasteiger partial charge >= 0.3 is 0 Å². The number of hydrogen-bond donors (Lipinski definition) is 0. The summed E-state index contributed by atoms with van der Waals surface area (Å²) in [6.45, 7) is 4.70. The molecule has 1 aliphatic rings. The average molecular weight is 388 g/mol. The fourth-order valence-corrected chi connectivity index (χ4v) is 4.43. The molecule has 3 rings (SSSR count). The fourth-order valence-electron chi connectivity index (χ4n) is 3.04. The first-order chi connectivity index (χ1) is 11.6. The molecule has 6 nitrogen and oxygen atoms in total. The Bertz CT molecular complexity index is 786. The maximum Gasteiger partial charge on any atom is 0.254 e. The second-order valence-electron chi connectivity index (χ2n) is 6.30. The van der Waals surface area contributed by atoms with E-state index in [2.05, 4.69) is 16.9 Å². The quantitative estimate of drug-likeness (QED) is 0.650. The lowest BCUT2D eigenvalue weighted by atomic mass is 10.2. The number of halogens is 1. The number of nitrogens with zero attached hydrogens (tertiary/aromatic N) is 3. The summed E-state index contributed by atoms with van der Waals surface area (Å²) in [5, 5.41) is 4.87. The Morgan fingerprint density at radius 3 is 2.68 bits per heavy atom. The van der Waals surface area contributed by atoms with Gasteiger partial charge in [0.2, 0.25) is 0 Å². The first-order valence-corrected chi connectivity index (χ1v) is 10.3. The molecule has 1 aromatic heterocycles. The van der Waals surface area contributed by atoms with Crippen molar-refractivity contribution in [3.8, 4) is 5.75 Å². The third-order valence-corrected chi connectivity index (χ3v) is 6.03. The molecule has 1 saturated heterocycles. The van der Waals surface area contributed by atoms with E-state index in [1.165, 1.54) is 12.8 Å². The zero-order valence-corrected chi connectivity index (χ0v) is 16.2. The Morgan fingerprint density at radius 2 is 1.96 bits per heavy atom. The van der Waals surface area contributed by atoms with Crippen LogP contribution in [0.15, 0.2) is 24.4 Å². The zero-order valence-electron chi connectivity index (χ0n) is 14.6. The summed E-state index contributed by atoms with van der Waals surface area (Å²) in [4.78, 5) is 2.25. The number of unbranched alkanes of at least 4 members (excludes halogenated alkanes) is 2. The molecule has 1 aromatic carbocycles. The van der Waals surface area contributed by atoms with Gasteiger partial charge in [-0.15, -0.1) is 12.4 Å². The Morgan fingerprint density at radius 1 is 1.20 bits per heavy atom. The minimum absolute atomic E-state index is 0. The standard InChI is InChI=1S/C17H25N3O3S.ClH/c1-2-3-6-12-24(21,22)20-16-8-7-9-17(15(16)13-18-20)23-14-19-10-4-5-11-19;/h7-9,13H,2-6,10-12,14H2,1H3;1H. The van der Waals surface area contributed by atoms with Crippen molar-refractivity contribution in [1.82, 2.24) is 14.1 Å².